The standard InChI is InChI=1S/C20H22F4N2O3S/c1-4-26(5-2)30(28,29)15-10-11-18(21)16(12-15)19(27)25(3)13-14-8-6-7-9-17(14)20(22,23)24/h6-12H,4-5,13H2,1-3H3. The molecule has 164 valence electrons. The Kier molecular flexibility index (Phi) is 7.25. The van der Waals surface area contributed by atoms with Gasteiger partial charge in [-0.25, -0.2) is 12.8 Å². The van der Waals surface area contributed by atoms with E-state index in [1.807, 2.05) is 0 Å². The van der Waals surface area contributed by atoms with Crippen LogP contribution >= 0.6 is 0 Å². The summed E-state index contributed by atoms with van der Waals surface area (Å²) in [5.41, 5.74) is -1.59. The molecule has 0 N–H and O–H groups in total. The normalized spacial score (nSPS) is 12.3. The van der Waals surface area contributed by atoms with Gasteiger partial charge < -0.3 is 4.90 Å². The smallest absolute Gasteiger partial charge is 0.337 e. The zero-order valence-electron chi connectivity index (χ0n) is 16.7. The SMILES string of the molecule is CCN(CC)S(=O)(=O)c1ccc(F)c(C(=O)N(C)Cc2ccccc2C(F)(F)F)c1. The van der Waals surface area contributed by atoms with Gasteiger partial charge in [-0.05, 0) is 29.8 Å². The average Bonchev–Trinajstić information content (AvgIpc) is 2.68. The molecule has 5 nitrogen and oxygen atoms in total. The van der Waals surface area contributed by atoms with E-state index in [1.54, 1.807) is 13.8 Å². The minimum absolute atomic E-state index is 0.159. The number of sulfonamides is 1. The fourth-order valence-electron chi connectivity index (χ4n) is 3.01. The van der Waals surface area contributed by atoms with Crippen molar-refractivity contribution < 1.29 is 30.8 Å². The monoisotopic (exact) mass is 446 g/mol. The predicted molar refractivity (Wildman–Crippen MR) is 104 cm³/mol. The van der Waals surface area contributed by atoms with Crippen LogP contribution in [0.1, 0.15) is 35.3 Å². The Balaban J connectivity index is 2.38. The van der Waals surface area contributed by atoms with E-state index in [0.29, 0.717) is 0 Å². The number of hydrogen-bond donors (Lipinski definition) is 0. The largest absolute Gasteiger partial charge is 0.416 e. The van der Waals surface area contributed by atoms with Gasteiger partial charge in [0.25, 0.3) is 5.91 Å². The summed E-state index contributed by atoms with van der Waals surface area (Å²) in [7, 11) is -2.71. The molecular formula is C20H22F4N2O3S. The summed E-state index contributed by atoms with van der Waals surface area (Å²) in [6, 6.07) is 7.59. The van der Waals surface area contributed by atoms with Crippen LogP contribution in [0.4, 0.5) is 17.6 Å². The molecule has 0 bridgehead atoms. The van der Waals surface area contributed by atoms with Crippen LogP contribution in [0.2, 0.25) is 0 Å². The molecule has 10 heteroatoms. The topological polar surface area (TPSA) is 57.7 Å². The van der Waals surface area contributed by atoms with Gasteiger partial charge in [0.1, 0.15) is 5.82 Å². The zero-order chi connectivity index (χ0) is 22.7. The minimum atomic E-state index is -4.61. The van der Waals surface area contributed by atoms with E-state index in [-0.39, 0.29) is 23.5 Å². The molecule has 2 aromatic rings. The molecule has 0 fully saturated rings. The number of alkyl halides is 3. The number of hydrogen-bond acceptors (Lipinski definition) is 3. The maximum atomic E-state index is 14.3. The van der Waals surface area contributed by atoms with Crippen LogP contribution in [0.5, 0.6) is 0 Å². The lowest BCUT2D eigenvalue weighted by Crippen LogP contribution is -2.31. The van der Waals surface area contributed by atoms with Crippen LogP contribution in [0, 0.1) is 5.82 Å². The highest BCUT2D eigenvalue weighted by atomic mass is 32.2. The molecule has 0 aliphatic carbocycles. The lowest BCUT2D eigenvalue weighted by molar-refractivity contribution is -0.138. The average molecular weight is 446 g/mol. The first-order valence-electron chi connectivity index (χ1n) is 9.13. The first-order chi connectivity index (χ1) is 13.9. The number of amides is 1. The Morgan fingerprint density at radius 1 is 1.03 bits per heavy atom. The first-order valence-corrected chi connectivity index (χ1v) is 10.6. The van der Waals surface area contributed by atoms with Crippen LogP contribution in [0.25, 0.3) is 0 Å². The van der Waals surface area contributed by atoms with Crippen molar-refractivity contribution in [2.45, 2.75) is 31.5 Å². The van der Waals surface area contributed by atoms with Crippen LogP contribution in [0.15, 0.2) is 47.4 Å². The summed E-state index contributed by atoms with van der Waals surface area (Å²) in [5.74, 6) is -1.89. The van der Waals surface area contributed by atoms with E-state index in [4.69, 9.17) is 0 Å². The third-order valence-corrected chi connectivity index (χ3v) is 6.63. The highest BCUT2D eigenvalue weighted by Gasteiger charge is 2.33. The third kappa shape index (κ3) is 4.99. The van der Waals surface area contributed by atoms with Gasteiger partial charge in [0.2, 0.25) is 10.0 Å². The van der Waals surface area contributed by atoms with Crippen molar-refractivity contribution in [2.75, 3.05) is 20.1 Å². The lowest BCUT2D eigenvalue weighted by Gasteiger charge is -2.22. The molecule has 0 aliphatic heterocycles. The molecule has 0 atom stereocenters. The molecule has 2 rings (SSSR count). The van der Waals surface area contributed by atoms with Crippen molar-refractivity contribution in [3.63, 3.8) is 0 Å². The Morgan fingerprint density at radius 2 is 1.63 bits per heavy atom. The van der Waals surface area contributed by atoms with Gasteiger partial charge in [0.15, 0.2) is 0 Å². The van der Waals surface area contributed by atoms with Crippen molar-refractivity contribution in [3.8, 4) is 0 Å². The van der Waals surface area contributed by atoms with Crippen molar-refractivity contribution in [1.29, 1.82) is 0 Å². The molecule has 0 saturated carbocycles. The fourth-order valence-corrected chi connectivity index (χ4v) is 4.49. The maximum absolute atomic E-state index is 14.3. The molecule has 0 radical (unpaired) electrons. The molecule has 0 aliphatic rings. The summed E-state index contributed by atoms with van der Waals surface area (Å²) < 4.78 is 80.3. The number of benzene rings is 2. The van der Waals surface area contributed by atoms with E-state index in [1.165, 1.54) is 25.2 Å². The van der Waals surface area contributed by atoms with Crippen LogP contribution in [0.3, 0.4) is 0 Å². The van der Waals surface area contributed by atoms with Crippen molar-refractivity contribution in [1.82, 2.24) is 9.21 Å². The number of carbonyl (C=O) groups is 1. The number of carbonyl (C=O) groups excluding carboxylic acids is 1. The molecule has 0 spiro atoms. The minimum Gasteiger partial charge on any atom is -0.337 e. The molecular weight excluding hydrogens is 424 g/mol. The van der Waals surface area contributed by atoms with Crippen molar-refractivity contribution >= 4 is 15.9 Å². The second-order valence-electron chi connectivity index (χ2n) is 6.55. The number of halogens is 4. The first kappa shape index (κ1) is 23.8. The maximum Gasteiger partial charge on any atom is 0.416 e. The quantitative estimate of drug-likeness (QED) is 0.601. The Bertz CT molecular complexity index is 1020. The summed E-state index contributed by atoms with van der Waals surface area (Å²) in [5, 5.41) is 0. The van der Waals surface area contributed by atoms with Gasteiger partial charge in [0.05, 0.1) is 16.0 Å². The molecule has 0 aromatic heterocycles. The summed E-state index contributed by atoms with van der Waals surface area (Å²) in [6.45, 7) is 3.23. The Labute approximate surface area is 173 Å². The molecule has 0 saturated heterocycles. The van der Waals surface area contributed by atoms with E-state index in [2.05, 4.69) is 0 Å². The van der Waals surface area contributed by atoms with E-state index in [0.717, 1.165) is 33.5 Å². The second kappa shape index (κ2) is 9.13. The van der Waals surface area contributed by atoms with Crippen LogP contribution in [-0.2, 0) is 22.7 Å². The molecule has 1 amide bonds. The summed E-state index contributed by atoms with van der Waals surface area (Å²) >= 11 is 0. The fraction of sp³-hybridized carbons (Fsp3) is 0.350. The van der Waals surface area contributed by atoms with Gasteiger partial charge in [-0.3, -0.25) is 4.79 Å². The Morgan fingerprint density at radius 3 is 2.20 bits per heavy atom. The number of nitrogens with zero attached hydrogens (tertiary/aromatic N) is 2. The second-order valence-corrected chi connectivity index (χ2v) is 8.49. The molecule has 0 unspecified atom stereocenters. The summed E-state index contributed by atoms with van der Waals surface area (Å²) in [6.07, 6.45) is -4.61. The van der Waals surface area contributed by atoms with E-state index < -0.39 is 45.6 Å². The molecule has 2 aromatic carbocycles. The number of rotatable bonds is 7. The highest BCUT2D eigenvalue weighted by molar-refractivity contribution is 7.89. The third-order valence-electron chi connectivity index (χ3n) is 4.59. The molecule has 30 heavy (non-hydrogen) atoms. The van der Waals surface area contributed by atoms with Gasteiger partial charge >= 0.3 is 6.18 Å². The highest BCUT2D eigenvalue weighted by Crippen LogP contribution is 2.32. The van der Waals surface area contributed by atoms with Gasteiger partial charge in [0, 0.05) is 26.7 Å². The van der Waals surface area contributed by atoms with E-state index in [9.17, 15) is 30.8 Å². The van der Waals surface area contributed by atoms with Crippen LogP contribution in [-0.4, -0.2) is 43.7 Å². The van der Waals surface area contributed by atoms with Gasteiger partial charge in [-0.1, -0.05) is 32.0 Å². The zero-order valence-corrected chi connectivity index (χ0v) is 17.5. The lowest BCUT2D eigenvalue weighted by atomic mass is 10.1. The van der Waals surface area contributed by atoms with Crippen LogP contribution < -0.4 is 0 Å². The van der Waals surface area contributed by atoms with E-state index >= 15 is 0 Å². The van der Waals surface area contributed by atoms with Gasteiger partial charge in [-0.2, -0.15) is 17.5 Å². The summed E-state index contributed by atoms with van der Waals surface area (Å²) in [4.78, 5) is 13.4. The van der Waals surface area contributed by atoms with Gasteiger partial charge in [-0.15, -0.1) is 0 Å². The van der Waals surface area contributed by atoms with Crippen molar-refractivity contribution in [2.24, 2.45) is 0 Å². The van der Waals surface area contributed by atoms with Crippen molar-refractivity contribution in [3.05, 3.63) is 65.0 Å². The molecule has 0 heterocycles. The predicted octanol–water partition coefficient (Wildman–Crippen LogP) is 4.15. The Hall–Kier alpha value is -2.46.